The van der Waals surface area contributed by atoms with Gasteiger partial charge in [0.1, 0.15) is 12.4 Å². The normalized spacial score (nSPS) is 14.0. The highest BCUT2D eigenvalue weighted by Crippen LogP contribution is 2.36. The molecule has 0 N–H and O–H groups in total. The Labute approximate surface area is 217 Å². The number of hydrogen-bond donors (Lipinski definition) is 0. The molecule has 0 spiro atoms. The number of halogens is 3. The SMILES string of the molecule is COc1cc(/C=C2\N=C(c3ccc([N+](=O)[O-])cc3Cl)OC2=O)cc(I)c1OCc1ccccc1F. The number of cyclic esters (lactones) is 1. The molecule has 0 aliphatic carbocycles. The van der Waals surface area contributed by atoms with Gasteiger partial charge in [-0.05, 0) is 58.5 Å². The molecule has 3 aromatic carbocycles. The van der Waals surface area contributed by atoms with E-state index in [0.717, 1.165) is 6.07 Å². The summed E-state index contributed by atoms with van der Waals surface area (Å²) < 4.78 is 31.1. The molecular formula is C24H15ClFIN2O6. The van der Waals surface area contributed by atoms with Crippen LogP contribution in [0, 0.1) is 19.5 Å². The quantitative estimate of drug-likeness (QED) is 0.109. The fourth-order valence-electron chi connectivity index (χ4n) is 3.20. The van der Waals surface area contributed by atoms with Gasteiger partial charge in [-0.2, -0.15) is 0 Å². The number of esters is 1. The Morgan fingerprint density at radius 2 is 2.00 bits per heavy atom. The van der Waals surface area contributed by atoms with Gasteiger partial charge in [-0.25, -0.2) is 14.2 Å². The van der Waals surface area contributed by atoms with E-state index in [1.165, 1.54) is 31.4 Å². The van der Waals surface area contributed by atoms with Crippen LogP contribution in [0.1, 0.15) is 16.7 Å². The molecule has 8 nitrogen and oxygen atoms in total. The summed E-state index contributed by atoms with van der Waals surface area (Å²) in [7, 11) is 1.47. The summed E-state index contributed by atoms with van der Waals surface area (Å²) in [5.74, 6) is -0.330. The van der Waals surface area contributed by atoms with Gasteiger partial charge in [-0.3, -0.25) is 10.1 Å². The van der Waals surface area contributed by atoms with E-state index in [4.69, 9.17) is 25.8 Å². The number of methoxy groups -OCH3 is 1. The molecule has 0 aromatic heterocycles. The summed E-state index contributed by atoms with van der Waals surface area (Å²) in [5, 5.41) is 10.9. The lowest BCUT2D eigenvalue weighted by Crippen LogP contribution is -2.06. The average Bonchev–Trinajstić information content (AvgIpc) is 3.18. The summed E-state index contributed by atoms with van der Waals surface area (Å²) in [6, 6.07) is 13.5. The van der Waals surface area contributed by atoms with Crippen molar-refractivity contribution in [2.45, 2.75) is 6.61 Å². The predicted octanol–water partition coefficient (Wildman–Crippen LogP) is 5.92. The van der Waals surface area contributed by atoms with Crippen LogP contribution < -0.4 is 9.47 Å². The third-order valence-electron chi connectivity index (χ3n) is 4.90. The van der Waals surface area contributed by atoms with Crippen LogP contribution in [0.3, 0.4) is 0 Å². The molecule has 35 heavy (non-hydrogen) atoms. The summed E-state index contributed by atoms with van der Waals surface area (Å²) in [6.45, 7) is 0.00937. The van der Waals surface area contributed by atoms with Crippen LogP contribution >= 0.6 is 34.2 Å². The van der Waals surface area contributed by atoms with E-state index in [1.54, 1.807) is 30.3 Å². The van der Waals surface area contributed by atoms with Gasteiger partial charge in [0, 0.05) is 17.7 Å². The van der Waals surface area contributed by atoms with Crippen molar-refractivity contribution < 1.29 is 28.3 Å². The van der Waals surface area contributed by atoms with E-state index in [-0.39, 0.29) is 40.3 Å². The van der Waals surface area contributed by atoms with Gasteiger partial charge in [-0.15, -0.1) is 0 Å². The van der Waals surface area contributed by atoms with Crippen LogP contribution in [0.25, 0.3) is 6.08 Å². The highest BCUT2D eigenvalue weighted by Gasteiger charge is 2.27. The lowest BCUT2D eigenvalue weighted by molar-refractivity contribution is -0.384. The number of benzene rings is 3. The molecule has 1 aliphatic heterocycles. The van der Waals surface area contributed by atoms with E-state index in [0.29, 0.717) is 26.2 Å². The number of carbonyl (C=O) groups is 1. The number of nitrogens with zero attached hydrogens (tertiary/aromatic N) is 2. The van der Waals surface area contributed by atoms with Gasteiger partial charge in [0.15, 0.2) is 17.2 Å². The zero-order valence-corrected chi connectivity index (χ0v) is 20.9. The van der Waals surface area contributed by atoms with Crippen molar-refractivity contribution in [3.8, 4) is 11.5 Å². The van der Waals surface area contributed by atoms with Crippen molar-refractivity contribution in [1.82, 2.24) is 0 Å². The van der Waals surface area contributed by atoms with Crippen molar-refractivity contribution in [3.05, 3.63) is 102 Å². The lowest BCUT2D eigenvalue weighted by atomic mass is 10.1. The van der Waals surface area contributed by atoms with E-state index in [1.807, 2.05) is 0 Å². The van der Waals surface area contributed by atoms with Gasteiger partial charge in [-0.1, -0.05) is 29.8 Å². The van der Waals surface area contributed by atoms with E-state index in [9.17, 15) is 19.3 Å². The van der Waals surface area contributed by atoms with E-state index < -0.39 is 10.9 Å². The molecule has 0 saturated carbocycles. The molecule has 0 saturated heterocycles. The van der Waals surface area contributed by atoms with Gasteiger partial charge in [0.25, 0.3) is 5.69 Å². The number of nitro groups is 1. The molecule has 0 radical (unpaired) electrons. The van der Waals surface area contributed by atoms with Crippen LogP contribution in [0.15, 0.2) is 65.3 Å². The minimum Gasteiger partial charge on any atom is -0.493 e. The smallest absolute Gasteiger partial charge is 0.363 e. The zero-order valence-electron chi connectivity index (χ0n) is 18.0. The van der Waals surface area contributed by atoms with Crippen LogP contribution in [-0.4, -0.2) is 23.9 Å². The van der Waals surface area contributed by atoms with E-state index >= 15 is 0 Å². The Hall–Kier alpha value is -3.51. The van der Waals surface area contributed by atoms with Crippen molar-refractivity contribution in [2.75, 3.05) is 7.11 Å². The van der Waals surface area contributed by atoms with Crippen LogP contribution in [0.2, 0.25) is 5.02 Å². The highest BCUT2D eigenvalue weighted by atomic mass is 127. The minimum absolute atomic E-state index is 0.00676. The number of non-ortho nitro benzene ring substituents is 1. The highest BCUT2D eigenvalue weighted by molar-refractivity contribution is 14.1. The van der Waals surface area contributed by atoms with Crippen LogP contribution in [-0.2, 0) is 16.1 Å². The Morgan fingerprint density at radius 3 is 2.69 bits per heavy atom. The molecular weight excluding hydrogens is 594 g/mol. The minimum atomic E-state index is -0.705. The van der Waals surface area contributed by atoms with Crippen molar-refractivity contribution >= 4 is 57.8 Å². The standard InChI is InChI=1S/C24H15ClFIN2O6/c1-33-21-10-13(8-19(27)22(21)34-12-14-4-2-3-5-18(14)26)9-20-24(30)35-23(28-20)16-7-6-15(29(31)32)11-17(16)25/h2-11H,12H2,1H3/b20-9-. The number of carbonyl (C=O) groups excluding carboxylic acids is 1. The Morgan fingerprint density at radius 1 is 1.23 bits per heavy atom. The maximum atomic E-state index is 13.9. The first-order valence-corrected chi connectivity index (χ1v) is 11.4. The van der Waals surface area contributed by atoms with Gasteiger partial charge >= 0.3 is 5.97 Å². The Bertz CT molecular complexity index is 1410. The second-order valence-corrected chi connectivity index (χ2v) is 8.74. The number of rotatable bonds is 7. The maximum Gasteiger partial charge on any atom is 0.363 e. The Kier molecular flexibility index (Phi) is 7.31. The second kappa shape index (κ2) is 10.4. The second-order valence-electron chi connectivity index (χ2n) is 7.17. The topological polar surface area (TPSA) is 100 Å². The van der Waals surface area contributed by atoms with Crippen molar-refractivity contribution in [1.29, 1.82) is 0 Å². The molecule has 3 aromatic rings. The third kappa shape index (κ3) is 5.43. The average molecular weight is 609 g/mol. The number of aliphatic imine (C=N–C) groups is 1. The molecule has 0 bridgehead atoms. The first kappa shape index (κ1) is 24.6. The van der Waals surface area contributed by atoms with Crippen molar-refractivity contribution in [2.24, 2.45) is 4.99 Å². The number of ether oxygens (including phenoxy) is 3. The van der Waals surface area contributed by atoms with Crippen LogP contribution in [0.4, 0.5) is 10.1 Å². The largest absolute Gasteiger partial charge is 0.493 e. The summed E-state index contributed by atoms with van der Waals surface area (Å²) in [4.78, 5) is 26.9. The van der Waals surface area contributed by atoms with Gasteiger partial charge in [0.2, 0.25) is 5.90 Å². The number of hydrogen-bond acceptors (Lipinski definition) is 7. The predicted molar refractivity (Wildman–Crippen MR) is 135 cm³/mol. The third-order valence-corrected chi connectivity index (χ3v) is 6.01. The molecule has 0 fully saturated rings. The zero-order chi connectivity index (χ0) is 25.1. The fraction of sp³-hybridized carbons (Fsp3) is 0.0833. The monoisotopic (exact) mass is 608 g/mol. The maximum absolute atomic E-state index is 13.9. The fourth-order valence-corrected chi connectivity index (χ4v) is 4.24. The summed E-state index contributed by atoms with van der Waals surface area (Å²) in [5.41, 5.74) is 1.04. The number of nitro benzene ring substituents is 1. The lowest BCUT2D eigenvalue weighted by Gasteiger charge is -2.14. The molecule has 1 heterocycles. The van der Waals surface area contributed by atoms with E-state index in [2.05, 4.69) is 27.6 Å². The molecule has 1 aliphatic rings. The first-order chi connectivity index (χ1) is 16.8. The molecule has 178 valence electrons. The summed E-state index contributed by atoms with van der Waals surface area (Å²) >= 11 is 8.17. The van der Waals surface area contributed by atoms with Crippen molar-refractivity contribution in [3.63, 3.8) is 0 Å². The summed E-state index contributed by atoms with van der Waals surface area (Å²) in [6.07, 6.45) is 1.50. The first-order valence-electron chi connectivity index (χ1n) is 9.97. The van der Waals surface area contributed by atoms with Gasteiger partial charge < -0.3 is 14.2 Å². The molecule has 0 amide bonds. The molecule has 0 atom stereocenters. The molecule has 11 heteroatoms. The molecule has 0 unspecified atom stereocenters. The van der Waals surface area contributed by atoms with Gasteiger partial charge in [0.05, 0.1) is 26.2 Å². The molecule has 4 rings (SSSR count). The Balaban J connectivity index is 1.61. The van der Waals surface area contributed by atoms with Crippen LogP contribution in [0.5, 0.6) is 11.5 Å².